The van der Waals surface area contributed by atoms with Crippen LogP contribution in [0.15, 0.2) is 101 Å². The summed E-state index contributed by atoms with van der Waals surface area (Å²) < 4.78 is 61.7. The Morgan fingerprint density at radius 2 is 0.795 bits per heavy atom. The number of hydrogen-bond acceptors (Lipinski definition) is 6. The average molecular weight is 601 g/mol. The molecule has 0 unspecified atom stereocenters. The topological polar surface area (TPSA) is 114 Å². The number of hydrogen-bond donors (Lipinski definition) is 0. The molecule has 0 N–H and O–H groups in total. The molecule has 6 nitrogen and oxygen atoms in total. The van der Waals surface area contributed by atoms with Crippen molar-refractivity contribution in [2.45, 2.75) is 87.3 Å². The number of aryl methyl sites for hydroxylation is 1. The molecule has 0 fully saturated rings. The smallest absolute Gasteiger partial charge is 0.744 e. The van der Waals surface area contributed by atoms with E-state index < -0.39 is 20.2 Å². The summed E-state index contributed by atoms with van der Waals surface area (Å²) in [6.07, 6.45) is 15.5. The normalized spacial score (nSPS) is 10.7. The van der Waals surface area contributed by atoms with Gasteiger partial charge >= 0.3 is 37.7 Å². The van der Waals surface area contributed by atoms with Crippen molar-refractivity contribution in [1.82, 2.24) is 0 Å². The third-order valence-electron chi connectivity index (χ3n) is 5.73. The molecule has 0 aliphatic rings. The summed E-state index contributed by atoms with van der Waals surface area (Å²) in [6.45, 7) is 2.28. The van der Waals surface area contributed by atoms with Crippen molar-refractivity contribution >= 4 is 58.0 Å². The van der Waals surface area contributed by atoms with Gasteiger partial charge in [-0.15, -0.1) is 0 Å². The maximum Gasteiger partial charge on any atom is 2.00 e. The van der Waals surface area contributed by atoms with Crippen LogP contribution in [0.25, 0.3) is 0 Å². The summed E-state index contributed by atoms with van der Waals surface area (Å²) in [4.78, 5) is -0.370. The van der Waals surface area contributed by atoms with E-state index in [1.54, 1.807) is 12.1 Å². The van der Waals surface area contributed by atoms with E-state index in [2.05, 4.69) is 37.3 Å². The van der Waals surface area contributed by atoms with E-state index >= 15 is 0 Å². The Hall–Kier alpha value is -1.26. The van der Waals surface area contributed by atoms with Crippen LogP contribution in [0.2, 0.25) is 0 Å². The standard InChI is InChI=1S/C18H30.2C6H6O3S.Ca/c1-2-3-4-5-6-7-8-9-10-12-15-18-16-13-11-14-17-18;2*7-10(8,9)6-4-2-1-3-5-6;/h11,13-14,16-17H,2-10,12,15H2,1H3;2*1-5H,(H,7,8,9);/q;;;+2/p-2. The molecule has 0 atom stereocenters. The monoisotopic (exact) mass is 600 g/mol. The van der Waals surface area contributed by atoms with Gasteiger partial charge in [0, 0.05) is 0 Å². The largest absolute Gasteiger partial charge is 2.00 e. The van der Waals surface area contributed by atoms with Gasteiger partial charge in [0.1, 0.15) is 20.2 Å². The van der Waals surface area contributed by atoms with E-state index in [9.17, 15) is 25.9 Å². The molecule has 0 radical (unpaired) electrons. The molecule has 0 spiro atoms. The SMILES string of the molecule is CCCCCCCCCCCCc1ccccc1.O=S(=O)([O-])c1ccccc1.O=S(=O)([O-])c1ccccc1.[Ca+2]. The van der Waals surface area contributed by atoms with Gasteiger partial charge in [0.25, 0.3) is 0 Å². The van der Waals surface area contributed by atoms with Gasteiger partial charge in [-0.05, 0) is 42.7 Å². The number of unbranched alkanes of at least 4 members (excludes halogenated alkanes) is 9. The zero-order valence-electron chi connectivity index (χ0n) is 22.9. The second kappa shape index (κ2) is 22.4. The maximum absolute atomic E-state index is 10.3. The molecule has 0 amide bonds. The molecule has 3 aromatic carbocycles. The van der Waals surface area contributed by atoms with Crippen LogP contribution in [0.1, 0.15) is 76.7 Å². The van der Waals surface area contributed by atoms with Gasteiger partial charge in [0.15, 0.2) is 0 Å². The first-order chi connectivity index (χ1) is 18.1. The van der Waals surface area contributed by atoms with Gasteiger partial charge in [-0.1, -0.05) is 131 Å². The molecule has 39 heavy (non-hydrogen) atoms. The molecule has 0 aliphatic carbocycles. The van der Waals surface area contributed by atoms with E-state index in [1.165, 1.54) is 125 Å². The summed E-state index contributed by atoms with van der Waals surface area (Å²) >= 11 is 0. The minimum atomic E-state index is -4.25. The van der Waals surface area contributed by atoms with E-state index in [-0.39, 0.29) is 47.5 Å². The van der Waals surface area contributed by atoms with Crippen molar-refractivity contribution in [3.63, 3.8) is 0 Å². The van der Waals surface area contributed by atoms with Gasteiger partial charge in [0.05, 0.1) is 9.79 Å². The van der Waals surface area contributed by atoms with Crippen LogP contribution >= 0.6 is 0 Å². The maximum atomic E-state index is 10.3. The van der Waals surface area contributed by atoms with Crippen LogP contribution in [-0.4, -0.2) is 63.7 Å². The third kappa shape index (κ3) is 20.3. The Labute approximate surface area is 265 Å². The minimum absolute atomic E-state index is 0. The van der Waals surface area contributed by atoms with Crippen molar-refractivity contribution in [1.29, 1.82) is 0 Å². The molecule has 0 saturated carbocycles. The van der Waals surface area contributed by atoms with Crippen LogP contribution in [0.4, 0.5) is 0 Å². The fourth-order valence-corrected chi connectivity index (χ4v) is 4.62. The summed E-state index contributed by atoms with van der Waals surface area (Å²) in [7, 11) is -8.51. The van der Waals surface area contributed by atoms with Gasteiger partial charge in [-0.2, -0.15) is 0 Å². The molecule has 0 heterocycles. The van der Waals surface area contributed by atoms with Crippen LogP contribution in [0.3, 0.4) is 0 Å². The first kappa shape index (κ1) is 37.7. The molecule has 9 heteroatoms. The second-order valence-electron chi connectivity index (χ2n) is 8.95. The first-order valence-corrected chi connectivity index (χ1v) is 16.0. The zero-order valence-corrected chi connectivity index (χ0v) is 26.8. The van der Waals surface area contributed by atoms with Crippen molar-refractivity contribution < 1.29 is 25.9 Å². The molecule has 0 aliphatic heterocycles. The molecule has 0 saturated heterocycles. The quantitative estimate of drug-likeness (QED) is 0.119. The fourth-order valence-electron chi connectivity index (χ4n) is 3.64. The van der Waals surface area contributed by atoms with Crippen molar-refractivity contribution in [2.75, 3.05) is 0 Å². The zero-order chi connectivity index (χ0) is 28.1. The molecule has 3 rings (SSSR count). The van der Waals surface area contributed by atoms with E-state index in [0.29, 0.717) is 0 Å². The second-order valence-corrected chi connectivity index (χ2v) is 11.7. The summed E-state index contributed by atoms with van der Waals surface area (Å²) in [5.41, 5.74) is 1.50. The van der Waals surface area contributed by atoms with Crippen molar-refractivity contribution in [2.24, 2.45) is 0 Å². The Bertz CT molecular complexity index is 1120. The van der Waals surface area contributed by atoms with Gasteiger partial charge in [0.2, 0.25) is 0 Å². The van der Waals surface area contributed by atoms with Crippen LogP contribution < -0.4 is 0 Å². The fraction of sp³-hybridized carbons (Fsp3) is 0.400. The number of benzene rings is 3. The molecule has 210 valence electrons. The molecular formula is C30H40CaO6S2. The molecular weight excluding hydrogens is 561 g/mol. The summed E-state index contributed by atoms with van der Waals surface area (Å²) in [5, 5.41) is 0. The Balaban J connectivity index is 0.000000588. The molecule has 3 aromatic rings. The minimum Gasteiger partial charge on any atom is -0.744 e. The van der Waals surface area contributed by atoms with E-state index in [4.69, 9.17) is 0 Å². The van der Waals surface area contributed by atoms with Crippen LogP contribution in [-0.2, 0) is 26.7 Å². The number of rotatable bonds is 13. The van der Waals surface area contributed by atoms with E-state index in [1.807, 2.05) is 0 Å². The predicted octanol–water partition coefficient (Wildman–Crippen LogP) is 6.95. The van der Waals surface area contributed by atoms with Crippen LogP contribution in [0, 0.1) is 0 Å². The van der Waals surface area contributed by atoms with Crippen molar-refractivity contribution in [3.05, 3.63) is 96.6 Å². The Morgan fingerprint density at radius 1 is 0.487 bits per heavy atom. The van der Waals surface area contributed by atoms with Gasteiger partial charge < -0.3 is 9.11 Å². The third-order valence-corrected chi connectivity index (χ3v) is 7.42. The summed E-state index contributed by atoms with van der Waals surface area (Å²) in [6, 6.07) is 25.3. The van der Waals surface area contributed by atoms with E-state index in [0.717, 1.165) is 0 Å². The molecule has 0 aromatic heterocycles. The first-order valence-electron chi connectivity index (χ1n) is 13.2. The van der Waals surface area contributed by atoms with Gasteiger partial charge in [-0.3, -0.25) is 0 Å². The predicted molar refractivity (Wildman–Crippen MR) is 157 cm³/mol. The Morgan fingerprint density at radius 3 is 1.10 bits per heavy atom. The Kier molecular flexibility index (Phi) is 21.7. The summed E-state index contributed by atoms with van der Waals surface area (Å²) in [5.74, 6) is 0. The van der Waals surface area contributed by atoms with Gasteiger partial charge in [-0.25, -0.2) is 16.8 Å². The van der Waals surface area contributed by atoms with Crippen LogP contribution in [0.5, 0.6) is 0 Å². The molecule has 0 bridgehead atoms. The average Bonchev–Trinajstić information content (AvgIpc) is 2.91. The van der Waals surface area contributed by atoms with Crippen molar-refractivity contribution in [3.8, 4) is 0 Å².